The smallest absolute Gasteiger partial charge is 0.328 e. The number of aliphatic carboxylic acids is 1. The summed E-state index contributed by atoms with van der Waals surface area (Å²) in [5, 5.41) is 8.76. The lowest BCUT2D eigenvalue weighted by molar-refractivity contribution is -0.131. The van der Waals surface area contributed by atoms with Gasteiger partial charge in [-0.15, -0.1) is 0 Å². The normalized spacial score (nSPS) is 10.8. The van der Waals surface area contributed by atoms with Crippen molar-refractivity contribution in [2.75, 3.05) is 0 Å². The molecule has 2 aromatic rings. The molecule has 0 atom stereocenters. The number of carboxylic acids is 1. The maximum atomic E-state index is 10.7. The number of rotatable bonds is 4. The van der Waals surface area contributed by atoms with E-state index in [0.717, 1.165) is 28.5 Å². The highest BCUT2D eigenvalue weighted by Gasteiger charge is 2.05. The van der Waals surface area contributed by atoms with Crippen LogP contribution in [-0.4, -0.2) is 11.1 Å². The van der Waals surface area contributed by atoms with E-state index in [-0.39, 0.29) is 0 Å². The van der Waals surface area contributed by atoms with Crippen LogP contribution < -0.4 is 4.74 Å². The molecule has 0 saturated heterocycles. The third kappa shape index (κ3) is 3.96. The highest BCUT2D eigenvalue weighted by molar-refractivity contribution is 5.86. The molecule has 2 rings (SSSR count). The molecule has 3 heteroatoms. The second-order valence-electron chi connectivity index (χ2n) is 5.06. The Morgan fingerprint density at radius 1 is 1.05 bits per heavy atom. The number of carboxylic acid groups (broad SMARTS) is 1. The van der Waals surface area contributed by atoms with E-state index in [1.807, 2.05) is 57.2 Å². The molecule has 0 saturated carbocycles. The standard InChI is InChI=1S/C18H18O3/c1-12-4-8-17(15(10-12)6-9-18(19)20)21-16-7-5-13(2)14(3)11-16/h4-11H,1-3H3,(H,19,20)/b9-6+. The molecule has 3 nitrogen and oxygen atoms in total. The summed E-state index contributed by atoms with van der Waals surface area (Å²) in [7, 11) is 0. The van der Waals surface area contributed by atoms with Crippen LogP contribution >= 0.6 is 0 Å². The molecule has 2 aromatic carbocycles. The average Bonchev–Trinajstić information content (AvgIpc) is 2.43. The fourth-order valence-corrected chi connectivity index (χ4v) is 1.96. The zero-order valence-electron chi connectivity index (χ0n) is 12.4. The maximum Gasteiger partial charge on any atom is 0.328 e. The summed E-state index contributed by atoms with van der Waals surface area (Å²) in [5.74, 6) is 0.405. The zero-order chi connectivity index (χ0) is 15.4. The predicted octanol–water partition coefficient (Wildman–Crippen LogP) is 4.50. The molecule has 108 valence electrons. The van der Waals surface area contributed by atoms with Gasteiger partial charge in [0.1, 0.15) is 11.5 Å². The summed E-state index contributed by atoms with van der Waals surface area (Å²) in [6.07, 6.45) is 2.66. The van der Waals surface area contributed by atoms with E-state index < -0.39 is 5.97 Å². The molecule has 0 bridgehead atoms. The van der Waals surface area contributed by atoms with Gasteiger partial charge in [0.15, 0.2) is 0 Å². The third-order valence-electron chi connectivity index (χ3n) is 3.28. The first-order valence-electron chi connectivity index (χ1n) is 6.72. The van der Waals surface area contributed by atoms with E-state index in [1.165, 1.54) is 5.56 Å². The van der Waals surface area contributed by atoms with Crippen LogP contribution in [0.5, 0.6) is 11.5 Å². The van der Waals surface area contributed by atoms with Gasteiger partial charge in [-0.1, -0.05) is 17.7 Å². The largest absolute Gasteiger partial charge is 0.478 e. The maximum absolute atomic E-state index is 10.7. The van der Waals surface area contributed by atoms with Crippen LogP contribution in [0.3, 0.4) is 0 Å². The molecule has 0 radical (unpaired) electrons. The monoisotopic (exact) mass is 282 g/mol. The van der Waals surface area contributed by atoms with Gasteiger partial charge in [-0.2, -0.15) is 0 Å². The molecule has 0 unspecified atom stereocenters. The van der Waals surface area contributed by atoms with E-state index in [2.05, 4.69) is 0 Å². The van der Waals surface area contributed by atoms with Gasteiger partial charge in [-0.05, 0) is 62.2 Å². The van der Waals surface area contributed by atoms with Crippen molar-refractivity contribution in [3.05, 3.63) is 64.7 Å². The van der Waals surface area contributed by atoms with Crippen molar-refractivity contribution in [3.63, 3.8) is 0 Å². The number of hydrogen-bond donors (Lipinski definition) is 1. The minimum absolute atomic E-state index is 0.640. The molecule has 0 aliphatic heterocycles. The van der Waals surface area contributed by atoms with Crippen LogP contribution in [0, 0.1) is 20.8 Å². The summed E-state index contributed by atoms with van der Waals surface area (Å²) in [6.45, 7) is 6.03. The second kappa shape index (κ2) is 6.27. The van der Waals surface area contributed by atoms with Crippen LogP contribution in [-0.2, 0) is 4.79 Å². The van der Waals surface area contributed by atoms with Gasteiger partial charge in [-0.25, -0.2) is 4.79 Å². The van der Waals surface area contributed by atoms with Crippen LogP contribution in [0.25, 0.3) is 6.08 Å². The Hall–Kier alpha value is -2.55. The van der Waals surface area contributed by atoms with Crippen LogP contribution in [0.15, 0.2) is 42.5 Å². The minimum atomic E-state index is -0.978. The van der Waals surface area contributed by atoms with Crippen molar-refractivity contribution in [1.82, 2.24) is 0 Å². The highest BCUT2D eigenvalue weighted by Crippen LogP contribution is 2.28. The Morgan fingerprint density at radius 2 is 1.81 bits per heavy atom. The van der Waals surface area contributed by atoms with Gasteiger partial charge in [0.05, 0.1) is 0 Å². The van der Waals surface area contributed by atoms with Gasteiger partial charge >= 0.3 is 5.97 Å². The summed E-state index contributed by atoms with van der Waals surface area (Å²) < 4.78 is 5.89. The Balaban J connectivity index is 2.34. The van der Waals surface area contributed by atoms with Gasteiger partial charge in [0, 0.05) is 11.6 Å². The lowest BCUT2D eigenvalue weighted by Gasteiger charge is -2.11. The van der Waals surface area contributed by atoms with Crippen LogP contribution in [0.1, 0.15) is 22.3 Å². The van der Waals surface area contributed by atoms with Crippen molar-refractivity contribution in [3.8, 4) is 11.5 Å². The molecule has 1 N–H and O–H groups in total. The Labute approximate surface area is 124 Å². The second-order valence-corrected chi connectivity index (χ2v) is 5.06. The number of benzene rings is 2. The summed E-state index contributed by atoms with van der Waals surface area (Å²) >= 11 is 0. The third-order valence-corrected chi connectivity index (χ3v) is 3.28. The number of carbonyl (C=O) groups is 1. The van der Waals surface area contributed by atoms with E-state index in [9.17, 15) is 4.79 Å². The van der Waals surface area contributed by atoms with Crippen molar-refractivity contribution >= 4 is 12.0 Å². The zero-order valence-corrected chi connectivity index (χ0v) is 12.4. The molecular weight excluding hydrogens is 264 g/mol. The molecule has 0 fully saturated rings. The molecule has 21 heavy (non-hydrogen) atoms. The minimum Gasteiger partial charge on any atom is -0.478 e. The van der Waals surface area contributed by atoms with Gasteiger partial charge < -0.3 is 9.84 Å². The van der Waals surface area contributed by atoms with Crippen molar-refractivity contribution in [2.45, 2.75) is 20.8 Å². The first kappa shape index (κ1) is 14.9. The lowest BCUT2D eigenvalue weighted by atomic mass is 10.1. The Kier molecular flexibility index (Phi) is 4.43. The fraction of sp³-hybridized carbons (Fsp3) is 0.167. The molecule has 0 amide bonds. The molecule has 0 aromatic heterocycles. The van der Waals surface area contributed by atoms with Crippen molar-refractivity contribution in [1.29, 1.82) is 0 Å². The summed E-state index contributed by atoms with van der Waals surface area (Å²) in [6, 6.07) is 11.6. The van der Waals surface area contributed by atoms with Crippen LogP contribution in [0.2, 0.25) is 0 Å². The molecule has 0 aliphatic carbocycles. The number of hydrogen-bond acceptors (Lipinski definition) is 2. The molecule has 0 aliphatic rings. The van der Waals surface area contributed by atoms with E-state index >= 15 is 0 Å². The van der Waals surface area contributed by atoms with Gasteiger partial charge in [-0.3, -0.25) is 0 Å². The summed E-state index contributed by atoms with van der Waals surface area (Å²) in [5.41, 5.74) is 4.16. The first-order chi connectivity index (χ1) is 9.95. The Morgan fingerprint density at radius 3 is 2.48 bits per heavy atom. The summed E-state index contributed by atoms with van der Waals surface area (Å²) in [4.78, 5) is 10.7. The predicted molar refractivity (Wildman–Crippen MR) is 83.8 cm³/mol. The topological polar surface area (TPSA) is 46.5 Å². The van der Waals surface area contributed by atoms with Crippen molar-refractivity contribution in [2.24, 2.45) is 0 Å². The highest BCUT2D eigenvalue weighted by atomic mass is 16.5. The fourth-order valence-electron chi connectivity index (χ4n) is 1.96. The Bertz CT molecular complexity index is 700. The van der Waals surface area contributed by atoms with E-state index in [1.54, 1.807) is 6.08 Å². The number of aryl methyl sites for hydroxylation is 3. The van der Waals surface area contributed by atoms with E-state index in [4.69, 9.17) is 9.84 Å². The average molecular weight is 282 g/mol. The molecule has 0 spiro atoms. The molecular formula is C18H18O3. The van der Waals surface area contributed by atoms with Gasteiger partial charge in [0.25, 0.3) is 0 Å². The number of ether oxygens (including phenoxy) is 1. The molecule has 0 heterocycles. The van der Waals surface area contributed by atoms with Gasteiger partial charge in [0.2, 0.25) is 0 Å². The van der Waals surface area contributed by atoms with E-state index in [0.29, 0.717) is 5.75 Å². The lowest BCUT2D eigenvalue weighted by Crippen LogP contribution is -1.91. The first-order valence-corrected chi connectivity index (χ1v) is 6.72. The quantitative estimate of drug-likeness (QED) is 0.840. The van der Waals surface area contributed by atoms with Crippen molar-refractivity contribution < 1.29 is 14.6 Å². The van der Waals surface area contributed by atoms with Crippen LogP contribution in [0.4, 0.5) is 0 Å². The SMILES string of the molecule is Cc1ccc(Oc2ccc(C)c(C)c2)c(/C=C/C(=O)O)c1.